The Morgan fingerprint density at radius 1 is 1.39 bits per heavy atom. The van der Waals surface area contributed by atoms with E-state index < -0.39 is 0 Å². The summed E-state index contributed by atoms with van der Waals surface area (Å²) in [5.41, 5.74) is 2.75. The van der Waals surface area contributed by atoms with Crippen molar-refractivity contribution in [1.82, 2.24) is 9.97 Å². The van der Waals surface area contributed by atoms with Crippen LogP contribution in [0.3, 0.4) is 0 Å². The zero-order chi connectivity index (χ0) is 12.5. The van der Waals surface area contributed by atoms with Crippen molar-refractivity contribution in [2.75, 3.05) is 5.32 Å². The van der Waals surface area contributed by atoms with Gasteiger partial charge < -0.3 is 10.3 Å². The first-order valence-corrected chi connectivity index (χ1v) is 6.52. The van der Waals surface area contributed by atoms with Crippen molar-refractivity contribution in [3.05, 3.63) is 45.9 Å². The predicted octanol–water partition coefficient (Wildman–Crippen LogP) is 3.68. The standard InChI is InChI=1S/C13H12FN3S/c1-8-4-5-18-12(8)7-15-13-16-10-3-2-9(14)6-11(10)17-13/h2-6H,7H2,1H3,(H2,15,16,17). The van der Waals surface area contributed by atoms with Gasteiger partial charge >= 0.3 is 0 Å². The van der Waals surface area contributed by atoms with Crippen LogP contribution in [0.15, 0.2) is 29.6 Å². The minimum atomic E-state index is -0.258. The summed E-state index contributed by atoms with van der Waals surface area (Å²) in [7, 11) is 0. The lowest BCUT2D eigenvalue weighted by Crippen LogP contribution is -1.99. The van der Waals surface area contributed by atoms with Crippen molar-refractivity contribution < 1.29 is 4.39 Å². The molecule has 0 bridgehead atoms. The highest BCUT2D eigenvalue weighted by Gasteiger charge is 2.04. The molecule has 0 saturated carbocycles. The van der Waals surface area contributed by atoms with E-state index >= 15 is 0 Å². The van der Waals surface area contributed by atoms with Gasteiger partial charge in [-0.1, -0.05) is 0 Å². The van der Waals surface area contributed by atoms with Gasteiger partial charge in [-0.25, -0.2) is 9.37 Å². The number of nitrogens with zero attached hydrogens (tertiary/aromatic N) is 1. The molecule has 0 saturated heterocycles. The average Bonchev–Trinajstić information content (AvgIpc) is 2.92. The second-order valence-corrected chi connectivity index (χ2v) is 5.13. The highest BCUT2D eigenvalue weighted by molar-refractivity contribution is 7.10. The number of nitrogens with one attached hydrogen (secondary N) is 2. The van der Waals surface area contributed by atoms with E-state index in [4.69, 9.17) is 0 Å². The van der Waals surface area contributed by atoms with Gasteiger partial charge in [-0.3, -0.25) is 0 Å². The highest BCUT2D eigenvalue weighted by Crippen LogP contribution is 2.19. The van der Waals surface area contributed by atoms with Gasteiger partial charge in [-0.2, -0.15) is 0 Å². The first kappa shape index (κ1) is 11.2. The van der Waals surface area contributed by atoms with Crippen molar-refractivity contribution in [2.45, 2.75) is 13.5 Å². The van der Waals surface area contributed by atoms with Gasteiger partial charge in [0.15, 0.2) is 0 Å². The molecular formula is C13H12FN3S. The highest BCUT2D eigenvalue weighted by atomic mass is 32.1. The Labute approximate surface area is 108 Å². The van der Waals surface area contributed by atoms with Crippen molar-refractivity contribution in [3.63, 3.8) is 0 Å². The third kappa shape index (κ3) is 2.09. The Hall–Kier alpha value is -1.88. The van der Waals surface area contributed by atoms with Crippen molar-refractivity contribution in [3.8, 4) is 0 Å². The SMILES string of the molecule is Cc1ccsc1CNc1nc2ccc(F)cc2[nH]1. The largest absolute Gasteiger partial charge is 0.351 e. The molecule has 0 aliphatic heterocycles. The van der Waals surface area contributed by atoms with E-state index in [0.717, 1.165) is 12.1 Å². The summed E-state index contributed by atoms with van der Waals surface area (Å²) in [5, 5.41) is 5.29. The quantitative estimate of drug-likeness (QED) is 0.755. The Balaban J connectivity index is 1.81. The smallest absolute Gasteiger partial charge is 0.201 e. The zero-order valence-corrected chi connectivity index (χ0v) is 10.6. The van der Waals surface area contributed by atoms with E-state index in [1.165, 1.54) is 22.6 Å². The number of halogens is 1. The molecule has 0 atom stereocenters. The fraction of sp³-hybridized carbons (Fsp3) is 0.154. The fourth-order valence-electron chi connectivity index (χ4n) is 1.81. The summed E-state index contributed by atoms with van der Waals surface area (Å²) in [6.45, 7) is 2.81. The Kier molecular flexibility index (Phi) is 2.76. The molecule has 0 unspecified atom stereocenters. The lowest BCUT2D eigenvalue weighted by molar-refractivity contribution is 0.629. The summed E-state index contributed by atoms with van der Waals surface area (Å²) < 4.78 is 13.0. The van der Waals surface area contributed by atoms with Crippen LogP contribution in [0.1, 0.15) is 10.4 Å². The van der Waals surface area contributed by atoms with Crippen LogP contribution in [0, 0.1) is 12.7 Å². The molecule has 0 aliphatic rings. The van der Waals surface area contributed by atoms with Gasteiger partial charge in [-0.15, -0.1) is 11.3 Å². The van der Waals surface area contributed by atoms with E-state index in [1.54, 1.807) is 17.4 Å². The maximum atomic E-state index is 13.0. The minimum absolute atomic E-state index is 0.258. The number of aryl methyl sites for hydroxylation is 1. The second-order valence-electron chi connectivity index (χ2n) is 4.13. The number of hydrogen-bond donors (Lipinski definition) is 2. The molecular weight excluding hydrogens is 249 g/mol. The first-order valence-electron chi connectivity index (χ1n) is 5.64. The summed E-state index contributed by atoms with van der Waals surface area (Å²) in [4.78, 5) is 8.69. The van der Waals surface area contributed by atoms with E-state index in [-0.39, 0.29) is 5.82 Å². The van der Waals surface area contributed by atoms with Crippen LogP contribution in [-0.2, 0) is 6.54 Å². The number of imidazole rings is 1. The van der Waals surface area contributed by atoms with Gasteiger partial charge in [0.05, 0.1) is 17.6 Å². The topological polar surface area (TPSA) is 40.7 Å². The molecule has 0 aliphatic carbocycles. The van der Waals surface area contributed by atoms with E-state index in [0.29, 0.717) is 11.5 Å². The molecule has 2 heterocycles. The van der Waals surface area contributed by atoms with E-state index in [9.17, 15) is 4.39 Å². The molecule has 3 rings (SSSR count). The Morgan fingerprint density at radius 2 is 2.28 bits per heavy atom. The Morgan fingerprint density at radius 3 is 3.06 bits per heavy atom. The summed E-state index contributed by atoms with van der Waals surface area (Å²) >= 11 is 1.71. The molecule has 0 radical (unpaired) electrons. The van der Waals surface area contributed by atoms with Crippen LogP contribution in [0.25, 0.3) is 11.0 Å². The van der Waals surface area contributed by atoms with Gasteiger partial charge in [0, 0.05) is 4.88 Å². The molecule has 3 aromatic rings. The van der Waals surface area contributed by atoms with Crippen molar-refractivity contribution in [1.29, 1.82) is 0 Å². The number of fused-ring (bicyclic) bond motifs is 1. The molecule has 0 spiro atoms. The number of aromatic nitrogens is 2. The monoisotopic (exact) mass is 261 g/mol. The third-order valence-electron chi connectivity index (χ3n) is 2.83. The normalized spacial score (nSPS) is 11.0. The van der Waals surface area contributed by atoms with Crippen LogP contribution in [0.2, 0.25) is 0 Å². The van der Waals surface area contributed by atoms with Crippen molar-refractivity contribution >= 4 is 28.3 Å². The molecule has 2 aromatic heterocycles. The Bertz CT molecular complexity index is 686. The molecule has 5 heteroatoms. The maximum Gasteiger partial charge on any atom is 0.201 e. The number of rotatable bonds is 3. The minimum Gasteiger partial charge on any atom is -0.351 e. The molecule has 1 aromatic carbocycles. The van der Waals surface area contributed by atoms with Crippen LogP contribution in [0.5, 0.6) is 0 Å². The number of thiophene rings is 1. The van der Waals surface area contributed by atoms with E-state index in [2.05, 4.69) is 33.7 Å². The van der Waals surface area contributed by atoms with Gasteiger partial charge in [0.2, 0.25) is 5.95 Å². The second kappa shape index (κ2) is 4.42. The summed E-state index contributed by atoms with van der Waals surface area (Å²) in [6, 6.07) is 6.62. The molecule has 0 amide bonds. The van der Waals surface area contributed by atoms with E-state index in [1.807, 2.05) is 0 Å². The average molecular weight is 261 g/mol. The van der Waals surface area contributed by atoms with Crippen LogP contribution in [0.4, 0.5) is 10.3 Å². The molecule has 18 heavy (non-hydrogen) atoms. The van der Waals surface area contributed by atoms with Gasteiger partial charge in [0.25, 0.3) is 0 Å². The summed E-state index contributed by atoms with van der Waals surface area (Å²) in [5.74, 6) is 0.412. The maximum absolute atomic E-state index is 13.0. The van der Waals surface area contributed by atoms with Crippen LogP contribution in [-0.4, -0.2) is 9.97 Å². The van der Waals surface area contributed by atoms with Crippen LogP contribution < -0.4 is 5.32 Å². The van der Waals surface area contributed by atoms with Gasteiger partial charge in [-0.05, 0) is 42.1 Å². The fourth-order valence-corrected chi connectivity index (χ4v) is 2.66. The number of benzene rings is 1. The summed E-state index contributed by atoms with van der Waals surface area (Å²) in [6.07, 6.45) is 0. The molecule has 92 valence electrons. The van der Waals surface area contributed by atoms with Gasteiger partial charge in [0.1, 0.15) is 5.82 Å². The first-order chi connectivity index (χ1) is 8.72. The lowest BCUT2D eigenvalue weighted by Gasteiger charge is -2.01. The predicted molar refractivity (Wildman–Crippen MR) is 72.4 cm³/mol. The van der Waals surface area contributed by atoms with Crippen molar-refractivity contribution in [2.24, 2.45) is 0 Å². The lowest BCUT2D eigenvalue weighted by atomic mass is 10.3. The number of aromatic amines is 1. The zero-order valence-electron chi connectivity index (χ0n) is 9.83. The van der Waals surface area contributed by atoms with Crippen LogP contribution >= 0.6 is 11.3 Å². The number of H-pyrrole nitrogens is 1. The third-order valence-corrected chi connectivity index (χ3v) is 3.85. The number of anilines is 1. The number of hydrogen-bond acceptors (Lipinski definition) is 3. The molecule has 3 nitrogen and oxygen atoms in total. The molecule has 0 fully saturated rings. The molecule has 2 N–H and O–H groups in total.